The summed E-state index contributed by atoms with van der Waals surface area (Å²) < 4.78 is 5.11. The topological polar surface area (TPSA) is 45.6 Å². The van der Waals surface area contributed by atoms with Crippen LogP contribution in [-0.4, -0.2) is 36.9 Å². The Morgan fingerprint density at radius 2 is 2.18 bits per heavy atom. The lowest BCUT2D eigenvalue weighted by atomic mass is 10.2. The van der Waals surface area contributed by atoms with Crippen LogP contribution in [0.1, 0.15) is 19.5 Å². The quantitative estimate of drug-likeness (QED) is 0.785. The zero-order valence-electron chi connectivity index (χ0n) is 10.9. The summed E-state index contributed by atoms with van der Waals surface area (Å²) in [6.45, 7) is 6.76. The normalized spacial score (nSPS) is 10.9. The minimum Gasteiger partial charge on any atom is -0.390 e. The van der Waals surface area contributed by atoms with E-state index in [1.165, 1.54) is 0 Å². The van der Waals surface area contributed by atoms with Crippen LogP contribution in [0.25, 0.3) is 0 Å². The van der Waals surface area contributed by atoms with Crippen LogP contribution in [0.2, 0.25) is 0 Å². The molecule has 17 heavy (non-hydrogen) atoms. The molecule has 0 aliphatic carbocycles. The largest absolute Gasteiger partial charge is 0.390 e. The average molecular weight is 238 g/mol. The van der Waals surface area contributed by atoms with E-state index in [2.05, 4.69) is 23.7 Å². The van der Waals surface area contributed by atoms with E-state index in [1.807, 2.05) is 18.2 Å². The number of hydrogen-bond acceptors (Lipinski definition) is 4. The Hall–Kier alpha value is -1.13. The van der Waals surface area contributed by atoms with Gasteiger partial charge in [-0.25, -0.2) is 4.98 Å². The van der Waals surface area contributed by atoms with E-state index in [-0.39, 0.29) is 6.61 Å². The van der Waals surface area contributed by atoms with Crippen molar-refractivity contribution >= 4 is 5.82 Å². The molecule has 0 amide bonds. The van der Waals surface area contributed by atoms with Gasteiger partial charge in [-0.3, -0.25) is 0 Å². The molecule has 0 radical (unpaired) electrons. The summed E-state index contributed by atoms with van der Waals surface area (Å²) in [5.74, 6) is 1.47. The zero-order valence-corrected chi connectivity index (χ0v) is 10.9. The predicted octanol–water partition coefficient (Wildman–Crippen LogP) is 1.68. The molecule has 96 valence electrons. The molecule has 1 aromatic rings. The number of ether oxygens (including phenoxy) is 1. The van der Waals surface area contributed by atoms with Crippen LogP contribution in [0.15, 0.2) is 18.2 Å². The van der Waals surface area contributed by atoms with Crippen molar-refractivity contribution < 1.29 is 9.84 Å². The van der Waals surface area contributed by atoms with Crippen molar-refractivity contribution in [3.8, 4) is 0 Å². The number of hydrogen-bond donors (Lipinski definition) is 1. The summed E-state index contributed by atoms with van der Waals surface area (Å²) in [5.41, 5.74) is 0.702. The lowest BCUT2D eigenvalue weighted by Gasteiger charge is -2.25. The van der Waals surface area contributed by atoms with Crippen LogP contribution in [0, 0.1) is 5.92 Å². The monoisotopic (exact) mass is 238 g/mol. The maximum Gasteiger partial charge on any atom is 0.128 e. The molecule has 1 rings (SSSR count). The minimum atomic E-state index is -0.0202. The Kier molecular flexibility index (Phi) is 5.94. The van der Waals surface area contributed by atoms with Gasteiger partial charge in [0.15, 0.2) is 0 Å². The summed E-state index contributed by atoms with van der Waals surface area (Å²) in [6.07, 6.45) is 0. The second-order valence-corrected chi connectivity index (χ2v) is 4.48. The average Bonchev–Trinajstić information content (AvgIpc) is 2.34. The van der Waals surface area contributed by atoms with E-state index in [9.17, 15) is 0 Å². The number of methoxy groups -OCH3 is 1. The summed E-state index contributed by atoms with van der Waals surface area (Å²) >= 11 is 0. The first-order valence-corrected chi connectivity index (χ1v) is 5.98. The number of aliphatic hydroxyl groups is 1. The number of pyridine rings is 1. The molecule has 0 bridgehead atoms. The van der Waals surface area contributed by atoms with Crippen LogP contribution in [0.3, 0.4) is 0 Å². The molecular weight excluding hydrogens is 216 g/mol. The van der Waals surface area contributed by atoms with E-state index in [4.69, 9.17) is 9.84 Å². The molecule has 1 aromatic heterocycles. The molecular formula is C13H22N2O2. The predicted molar refractivity (Wildman–Crippen MR) is 69.1 cm³/mol. The Labute approximate surface area is 103 Å². The second-order valence-electron chi connectivity index (χ2n) is 4.48. The number of aliphatic hydroxyl groups excluding tert-OH is 1. The number of rotatable bonds is 7. The van der Waals surface area contributed by atoms with E-state index >= 15 is 0 Å². The van der Waals surface area contributed by atoms with Gasteiger partial charge in [-0.2, -0.15) is 0 Å². The highest BCUT2D eigenvalue weighted by molar-refractivity contribution is 5.39. The van der Waals surface area contributed by atoms with Crippen LogP contribution in [0.4, 0.5) is 5.82 Å². The lowest BCUT2D eigenvalue weighted by Crippen LogP contribution is -2.31. The highest BCUT2D eigenvalue weighted by Crippen LogP contribution is 2.13. The number of nitrogens with zero attached hydrogens (tertiary/aromatic N) is 2. The van der Waals surface area contributed by atoms with E-state index in [0.29, 0.717) is 18.2 Å². The van der Waals surface area contributed by atoms with Crippen molar-refractivity contribution in [1.82, 2.24) is 4.98 Å². The molecule has 0 spiro atoms. The van der Waals surface area contributed by atoms with Gasteiger partial charge in [0.05, 0.1) is 18.9 Å². The molecule has 0 atom stereocenters. The Morgan fingerprint density at radius 3 is 2.76 bits per heavy atom. The van der Waals surface area contributed by atoms with Gasteiger partial charge < -0.3 is 14.7 Å². The van der Waals surface area contributed by atoms with Crippen molar-refractivity contribution in [1.29, 1.82) is 0 Å². The molecule has 4 nitrogen and oxygen atoms in total. The van der Waals surface area contributed by atoms with Crippen LogP contribution < -0.4 is 4.90 Å². The first kappa shape index (κ1) is 13.9. The van der Waals surface area contributed by atoms with Gasteiger partial charge in [-0.1, -0.05) is 19.9 Å². The summed E-state index contributed by atoms with van der Waals surface area (Å²) in [6, 6.07) is 5.72. The molecule has 4 heteroatoms. The Morgan fingerprint density at radius 1 is 1.41 bits per heavy atom. The fourth-order valence-electron chi connectivity index (χ4n) is 1.67. The number of anilines is 1. The highest BCUT2D eigenvalue weighted by atomic mass is 16.5. The first-order valence-electron chi connectivity index (χ1n) is 5.98. The molecule has 0 unspecified atom stereocenters. The molecule has 0 fully saturated rings. The fraction of sp³-hybridized carbons (Fsp3) is 0.615. The van der Waals surface area contributed by atoms with Gasteiger partial charge in [0.25, 0.3) is 0 Å². The van der Waals surface area contributed by atoms with Crippen LogP contribution in [0.5, 0.6) is 0 Å². The van der Waals surface area contributed by atoms with Crippen molar-refractivity contribution in [2.24, 2.45) is 5.92 Å². The lowest BCUT2D eigenvalue weighted by molar-refractivity contribution is 0.204. The molecule has 0 saturated carbocycles. The van der Waals surface area contributed by atoms with Crippen molar-refractivity contribution in [2.75, 3.05) is 31.7 Å². The van der Waals surface area contributed by atoms with Crippen LogP contribution >= 0.6 is 0 Å². The second kappa shape index (κ2) is 7.25. The molecule has 1 N–H and O–H groups in total. The summed E-state index contributed by atoms with van der Waals surface area (Å²) in [7, 11) is 1.70. The summed E-state index contributed by atoms with van der Waals surface area (Å²) in [5, 5.41) is 9.10. The molecule has 0 aliphatic rings. The Bertz CT molecular complexity index is 329. The Balaban J connectivity index is 2.78. The zero-order chi connectivity index (χ0) is 12.7. The third-order valence-electron chi connectivity index (χ3n) is 2.43. The molecule has 0 aliphatic heterocycles. The van der Waals surface area contributed by atoms with Crippen LogP contribution in [-0.2, 0) is 11.3 Å². The van der Waals surface area contributed by atoms with Gasteiger partial charge in [-0.15, -0.1) is 0 Å². The molecule has 1 heterocycles. The number of aromatic nitrogens is 1. The van der Waals surface area contributed by atoms with E-state index in [1.54, 1.807) is 7.11 Å². The molecule has 0 aromatic carbocycles. The van der Waals surface area contributed by atoms with Gasteiger partial charge in [0.2, 0.25) is 0 Å². The van der Waals surface area contributed by atoms with E-state index < -0.39 is 0 Å². The third-order valence-corrected chi connectivity index (χ3v) is 2.43. The maximum absolute atomic E-state index is 9.10. The van der Waals surface area contributed by atoms with Crippen molar-refractivity contribution in [3.05, 3.63) is 23.9 Å². The SMILES string of the molecule is COCCN(CC(C)C)c1cccc(CO)n1. The van der Waals surface area contributed by atoms with Gasteiger partial charge in [0, 0.05) is 20.2 Å². The standard InChI is InChI=1S/C13H22N2O2/c1-11(2)9-15(7-8-17-3)13-6-4-5-12(10-16)14-13/h4-6,11,16H,7-10H2,1-3H3. The fourth-order valence-corrected chi connectivity index (χ4v) is 1.67. The highest BCUT2D eigenvalue weighted by Gasteiger charge is 2.10. The minimum absolute atomic E-state index is 0.0202. The van der Waals surface area contributed by atoms with E-state index in [0.717, 1.165) is 18.9 Å². The van der Waals surface area contributed by atoms with Gasteiger partial charge >= 0.3 is 0 Å². The first-order chi connectivity index (χ1) is 8.17. The smallest absolute Gasteiger partial charge is 0.128 e. The summed E-state index contributed by atoms with van der Waals surface area (Å²) in [4.78, 5) is 6.61. The van der Waals surface area contributed by atoms with Crippen molar-refractivity contribution in [3.63, 3.8) is 0 Å². The van der Waals surface area contributed by atoms with Gasteiger partial charge in [0.1, 0.15) is 5.82 Å². The van der Waals surface area contributed by atoms with Crippen molar-refractivity contribution in [2.45, 2.75) is 20.5 Å². The molecule has 0 saturated heterocycles. The third kappa shape index (κ3) is 4.71. The van der Waals surface area contributed by atoms with Gasteiger partial charge in [-0.05, 0) is 18.1 Å². The maximum atomic E-state index is 9.10.